The van der Waals surface area contributed by atoms with Crippen molar-refractivity contribution in [3.63, 3.8) is 0 Å². The predicted octanol–water partition coefficient (Wildman–Crippen LogP) is 3.97. The average Bonchev–Trinajstić information content (AvgIpc) is 2.61. The van der Waals surface area contributed by atoms with Crippen molar-refractivity contribution in [2.45, 2.75) is 19.1 Å². The fourth-order valence-electron chi connectivity index (χ4n) is 2.92. The number of hydrogen-bond acceptors (Lipinski definition) is 2. The highest BCUT2D eigenvalue weighted by Gasteiger charge is 2.35. The zero-order valence-electron chi connectivity index (χ0n) is 14.2. The Labute approximate surface area is 153 Å². The first kappa shape index (κ1) is 18.5. The molecule has 27 heavy (non-hydrogen) atoms. The maximum atomic E-state index is 13.2. The summed E-state index contributed by atoms with van der Waals surface area (Å²) in [6, 6.07) is 12.2. The van der Waals surface area contributed by atoms with Crippen LogP contribution in [0.25, 0.3) is 0 Å². The van der Waals surface area contributed by atoms with E-state index in [1.165, 1.54) is 25.1 Å². The van der Waals surface area contributed by atoms with E-state index in [1.807, 2.05) is 0 Å². The van der Waals surface area contributed by atoms with Crippen molar-refractivity contribution >= 4 is 17.6 Å². The molecule has 0 aromatic heterocycles. The van der Waals surface area contributed by atoms with Crippen LogP contribution in [0.2, 0.25) is 0 Å². The summed E-state index contributed by atoms with van der Waals surface area (Å²) in [5.41, 5.74) is -0.243. The molecule has 0 spiro atoms. The molecule has 1 atom stereocenters. The lowest BCUT2D eigenvalue weighted by molar-refractivity contribution is -0.137. The Morgan fingerprint density at radius 2 is 1.67 bits per heavy atom. The van der Waals surface area contributed by atoms with Gasteiger partial charge in [-0.2, -0.15) is 13.2 Å². The highest BCUT2D eigenvalue weighted by atomic mass is 19.4. The molecule has 0 aliphatic carbocycles. The lowest BCUT2D eigenvalue weighted by atomic mass is 9.95. The first-order chi connectivity index (χ1) is 12.8. The summed E-state index contributed by atoms with van der Waals surface area (Å²) in [6.45, 7) is 1.53. The van der Waals surface area contributed by atoms with Gasteiger partial charge >= 0.3 is 12.2 Å². The van der Waals surface area contributed by atoms with Crippen molar-refractivity contribution < 1.29 is 22.8 Å². The molecule has 0 fully saturated rings. The molecule has 1 heterocycles. The second-order valence-electron chi connectivity index (χ2n) is 5.98. The van der Waals surface area contributed by atoms with Gasteiger partial charge in [0.25, 0.3) is 5.91 Å². The van der Waals surface area contributed by atoms with Crippen LogP contribution in [0.1, 0.15) is 24.1 Å². The molecule has 3 amide bonds. The van der Waals surface area contributed by atoms with E-state index >= 15 is 0 Å². The zero-order valence-corrected chi connectivity index (χ0v) is 14.2. The van der Waals surface area contributed by atoms with Crippen molar-refractivity contribution in [3.05, 3.63) is 77.0 Å². The molecule has 140 valence electrons. The largest absolute Gasteiger partial charge is 0.418 e. The third kappa shape index (κ3) is 3.94. The van der Waals surface area contributed by atoms with Crippen molar-refractivity contribution in [2.24, 2.45) is 0 Å². The Morgan fingerprint density at radius 1 is 1.04 bits per heavy atom. The van der Waals surface area contributed by atoms with Crippen LogP contribution < -0.4 is 16.0 Å². The summed E-state index contributed by atoms with van der Waals surface area (Å²) in [4.78, 5) is 24.7. The molecule has 0 bridgehead atoms. The minimum atomic E-state index is -4.61. The SMILES string of the molecule is CC1=C(C(=O)Nc2ccccc2C(F)(F)F)[C@H](c2ccccc2)NC(=O)N1. The molecule has 0 radical (unpaired) electrons. The molecule has 1 aliphatic heterocycles. The van der Waals surface area contributed by atoms with Gasteiger partial charge in [-0.3, -0.25) is 4.79 Å². The number of urea groups is 1. The van der Waals surface area contributed by atoms with Gasteiger partial charge in [0.05, 0.1) is 22.9 Å². The van der Waals surface area contributed by atoms with Crippen LogP contribution >= 0.6 is 0 Å². The standard InChI is InChI=1S/C19H16F3N3O2/c1-11-15(16(25-18(27)23-11)12-7-3-2-4-8-12)17(26)24-14-10-6-5-9-13(14)19(20,21)22/h2-10,16H,1H3,(H,24,26)(H2,23,25,27)/t16-/m0/s1. The Hall–Kier alpha value is -3.29. The van der Waals surface area contributed by atoms with Crippen LogP contribution in [0.5, 0.6) is 0 Å². The fraction of sp³-hybridized carbons (Fsp3) is 0.158. The van der Waals surface area contributed by atoms with Gasteiger partial charge in [0, 0.05) is 5.70 Å². The van der Waals surface area contributed by atoms with Gasteiger partial charge in [-0.25, -0.2) is 4.79 Å². The zero-order chi connectivity index (χ0) is 19.6. The van der Waals surface area contributed by atoms with Gasteiger partial charge in [-0.05, 0) is 24.6 Å². The van der Waals surface area contributed by atoms with Crippen molar-refractivity contribution in [2.75, 3.05) is 5.32 Å². The Bertz CT molecular complexity index is 908. The van der Waals surface area contributed by atoms with E-state index in [1.54, 1.807) is 30.3 Å². The average molecular weight is 375 g/mol. The van der Waals surface area contributed by atoms with Crippen LogP contribution in [0, 0.1) is 0 Å². The van der Waals surface area contributed by atoms with E-state index in [2.05, 4.69) is 16.0 Å². The molecule has 5 nitrogen and oxygen atoms in total. The second-order valence-corrected chi connectivity index (χ2v) is 5.98. The fourth-order valence-corrected chi connectivity index (χ4v) is 2.92. The van der Waals surface area contributed by atoms with E-state index in [4.69, 9.17) is 0 Å². The molecule has 0 saturated carbocycles. The van der Waals surface area contributed by atoms with Gasteiger partial charge in [-0.15, -0.1) is 0 Å². The van der Waals surface area contributed by atoms with Crippen LogP contribution in [-0.2, 0) is 11.0 Å². The highest BCUT2D eigenvalue weighted by molar-refractivity contribution is 6.07. The third-order valence-electron chi connectivity index (χ3n) is 4.13. The number of alkyl halides is 3. The molecular formula is C19H16F3N3O2. The number of anilines is 1. The van der Waals surface area contributed by atoms with Crippen molar-refractivity contribution in [3.8, 4) is 0 Å². The normalized spacial score (nSPS) is 17.2. The minimum Gasteiger partial charge on any atom is -0.327 e. The summed E-state index contributed by atoms with van der Waals surface area (Å²) in [5.74, 6) is -0.731. The Balaban J connectivity index is 1.97. The number of hydrogen-bond donors (Lipinski definition) is 3. The van der Waals surface area contributed by atoms with E-state index in [9.17, 15) is 22.8 Å². The van der Waals surface area contributed by atoms with Gasteiger partial charge in [-0.1, -0.05) is 42.5 Å². The number of rotatable bonds is 3. The van der Waals surface area contributed by atoms with Gasteiger partial charge in [0.1, 0.15) is 0 Å². The van der Waals surface area contributed by atoms with Gasteiger partial charge in [0.15, 0.2) is 0 Å². The lowest BCUT2D eigenvalue weighted by Crippen LogP contribution is -2.46. The molecule has 0 unspecified atom stereocenters. The topological polar surface area (TPSA) is 70.2 Å². The lowest BCUT2D eigenvalue weighted by Gasteiger charge is -2.29. The van der Waals surface area contributed by atoms with Crippen molar-refractivity contribution in [1.29, 1.82) is 0 Å². The summed E-state index contributed by atoms with van der Waals surface area (Å²) < 4.78 is 39.5. The molecule has 2 aromatic rings. The number of para-hydroxylation sites is 1. The Kier molecular flexibility index (Phi) is 4.89. The van der Waals surface area contributed by atoms with Crippen LogP contribution in [0.4, 0.5) is 23.7 Å². The predicted molar refractivity (Wildman–Crippen MR) is 93.6 cm³/mol. The summed E-state index contributed by atoms with van der Waals surface area (Å²) >= 11 is 0. The monoisotopic (exact) mass is 375 g/mol. The number of carbonyl (C=O) groups is 2. The molecule has 1 aliphatic rings. The number of allylic oxidation sites excluding steroid dienone is 1. The first-order valence-electron chi connectivity index (χ1n) is 8.08. The maximum Gasteiger partial charge on any atom is 0.418 e. The van der Waals surface area contributed by atoms with E-state index in [-0.39, 0.29) is 17.0 Å². The smallest absolute Gasteiger partial charge is 0.327 e. The third-order valence-corrected chi connectivity index (χ3v) is 4.13. The molecule has 3 N–H and O–H groups in total. The summed E-state index contributed by atoms with van der Waals surface area (Å²) in [6.07, 6.45) is -4.61. The number of benzene rings is 2. The minimum absolute atomic E-state index is 0.137. The van der Waals surface area contributed by atoms with Crippen LogP contribution in [0.15, 0.2) is 65.9 Å². The van der Waals surface area contributed by atoms with Crippen molar-refractivity contribution in [1.82, 2.24) is 10.6 Å². The number of nitrogens with one attached hydrogen (secondary N) is 3. The van der Waals surface area contributed by atoms with E-state index in [0.717, 1.165) is 6.07 Å². The van der Waals surface area contributed by atoms with Gasteiger partial charge < -0.3 is 16.0 Å². The molecular weight excluding hydrogens is 359 g/mol. The number of carbonyl (C=O) groups excluding carboxylic acids is 2. The maximum absolute atomic E-state index is 13.2. The number of amides is 3. The quantitative estimate of drug-likeness (QED) is 0.760. The molecule has 0 saturated heterocycles. The van der Waals surface area contributed by atoms with Crippen LogP contribution in [-0.4, -0.2) is 11.9 Å². The van der Waals surface area contributed by atoms with E-state index < -0.39 is 29.7 Å². The van der Waals surface area contributed by atoms with Crippen LogP contribution in [0.3, 0.4) is 0 Å². The molecule has 3 rings (SSSR count). The highest BCUT2D eigenvalue weighted by Crippen LogP contribution is 2.35. The summed E-state index contributed by atoms with van der Waals surface area (Å²) in [7, 11) is 0. The number of halogens is 3. The van der Waals surface area contributed by atoms with Gasteiger partial charge in [0.2, 0.25) is 0 Å². The Morgan fingerprint density at radius 3 is 2.33 bits per heavy atom. The van der Waals surface area contributed by atoms with E-state index in [0.29, 0.717) is 5.56 Å². The molecule has 2 aromatic carbocycles. The first-order valence-corrected chi connectivity index (χ1v) is 8.08. The summed E-state index contributed by atoms with van der Waals surface area (Å²) in [5, 5.41) is 7.44. The second kappa shape index (κ2) is 7.14. The molecule has 8 heteroatoms.